The first-order valence-electron chi connectivity index (χ1n) is 11.4. The molecule has 5 rings (SSSR count). The number of aryl methyl sites for hydroxylation is 1. The Morgan fingerprint density at radius 3 is 2.73 bits per heavy atom. The van der Waals surface area contributed by atoms with E-state index in [0.29, 0.717) is 12.3 Å². The summed E-state index contributed by atoms with van der Waals surface area (Å²) in [5, 5.41) is 7.79. The van der Waals surface area contributed by atoms with Crippen LogP contribution in [0.2, 0.25) is 0 Å². The maximum Gasteiger partial charge on any atom is 0.272 e. The molecule has 1 aromatic heterocycles. The smallest absolute Gasteiger partial charge is 0.272 e. The molecule has 1 N–H and O–H groups in total. The molecule has 0 bridgehead atoms. The average Bonchev–Trinajstić information content (AvgIpc) is 3.07. The fraction of sp³-hybridized carbons (Fsp3) is 0.308. The lowest BCUT2D eigenvalue weighted by molar-refractivity contribution is 0.0925. The monoisotopic (exact) mass is 443 g/mol. The number of hydrogen-bond donors (Lipinski definition) is 1. The third-order valence-electron chi connectivity index (χ3n) is 6.35. The molecule has 3 heterocycles. The Morgan fingerprint density at radius 2 is 1.91 bits per heavy atom. The molecule has 33 heavy (non-hydrogen) atoms. The first-order chi connectivity index (χ1) is 16.1. The lowest BCUT2D eigenvalue weighted by Crippen LogP contribution is -2.43. The van der Waals surface area contributed by atoms with Crippen LogP contribution in [0, 0.1) is 0 Å². The molecule has 2 aliphatic rings. The number of benzene rings is 2. The summed E-state index contributed by atoms with van der Waals surface area (Å²) >= 11 is 0. The number of rotatable bonds is 3. The van der Waals surface area contributed by atoms with Gasteiger partial charge in [0.15, 0.2) is 5.69 Å². The molecule has 2 aromatic carbocycles. The number of carbonyl (C=O) groups excluding carboxylic acids is 1. The molecule has 170 valence electrons. The van der Waals surface area contributed by atoms with E-state index in [1.807, 2.05) is 61.1 Å². The molecule has 0 aliphatic carbocycles. The normalized spacial score (nSPS) is 19.2. The van der Waals surface area contributed by atoms with Gasteiger partial charge in [-0.3, -0.25) is 9.48 Å². The van der Waals surface area contributed by atoms with Crippen LogP contribution >= 0.6 is 0 Å². The van der Waals surface area contributed by atoms with Gasteiger partial charge in [-0.15, -0.1) is 0 Å². The zero-order chi connectivity index (χ0) is 22.8. The van der Waals surface area contributed by atoms with Gasteiger partial charge in [0, 0.05) is 31.5 Å². The summed E-state index contributed by atoms with van der Waals surface area (Å²) < 4.78 is 8.00. The first-order valence-corrected chi connectivity index (χ1v) is 11.4. The lowest BCUT2D eigenvalue weighted by atomic mass is 10.1. The van der Waals surface area contributed by atoms with Gasteiger partial charge in [-0.25, -0.2) is 0 Å². The second-order valence-electron chi connectivity index (χ2n) is 8.43. The molecule has 0 unspecified atom stereocenters. The Bertz CT molecular complexity index is 1170. The number of amides is 1. The molecule has 0 saturated carbocycles. The van der Waals surface area contributed by atoms with Gasteiger partial charge in [0.25, 0.3) is 5.91 Å². The predicted octanol–water partition coefficient (Wildman–Crippen LogP) is 3.82. The van der Waals surface area contributed by atoms with Gasteiger partial charge in [-0.1, -0.05) is 36.4 Å². The lowest BCUT2D eigenvalue weighted by Gasteiger charge is -2.26. The van der Waals surface area contributed by atoms with E-state index >= 15 is 0 Å². The highest BCUT2D eigenvalue weighted by molar-refractivity contribution is 5.93. The summed E-state index contributed by atoms with van der Waals surface area (Å²) in [6, 6.07) is 19.9. The summed E-state index contributed by atoms with van der Waals surface area (Å²) in [4.78, 5) is 17.6. The Labute approximate surface area is 194 Å². The van der Waals surface area contributed by atoms with E-state index in [9.17, 15) is 4.79 Å². The van der Waals surface area contributed by atoms with Crippen LogP contribution in [0.1, 0.15) is 29.5 Å². The van der Waals surface area contributed by atoms with Gasteiger partial charge in [-0.2, -0.15) is 5.10 Å². The van der Waals surface area contributed by atoms with Gasteiger partial charge in [0.1, 0.15) is 18.4 Å². The van der Waals surface area contributed by atoms with Crippen LogP contribution in [-0.2, 0) is 13.1 Å². The standard InChI is InChI=1S/C26H29N5O2/c1-3-23-22(18-33-25-13-8-7-12-24(25)29(23)2)27-26(32)21-16-20-17-30(14-9-15-31(20)28-21)19-10-5-4-6-11-19/h3-8,10-13,16,22H,9,14-15,17-18H2,1-2H3,(H,27,32)/b23-3-/t22-/m0/s1. The summed E-state index contributed by atoms with van der Waals surface area (Å²) in [5.41, 5.74) is 4.66. The summed E-state index contributed by atoms with van der Waals surface area (Å²) in [7, 11) is 2.00. The number of hydrogen-bond acceptors (Lipinski definition) is 5. The molecule has 3 aromatic rings. The largest absolute Gasteiger partial charge is 0.489 e. The van der Waals surface area contributed by atoms with E-state index in [4.69, 9.17) is 4.74 Å². The van der Waals surface area contributed by atoms with Crippen molar-refractivity contribution in [3.8, 4) is 5.75 Å². The highest BCUT2D eigenvalue weighted by Gasteiger charge is 2.28. The third kappa shape index (κ3) is 4.18. The SMILES string of the molecule is C/C=C1/[C@@H](NC(=O)c2cc3n(n2)CCCN(c2ccccc2)C3)COc2ccccc2N1C. The van der Waals surface area contributed by atoms with Crippen molar-refractivity contribution in [3.05, 3.63) is 83.8 Å². The second kappa shape index (κ2) is 9.02. The van der Waals surface area contributed by atoms with E-state index in [1.54, 1.807) is 0 Å². The number of anilines is 2. The molecule has 1 atom stereocenters. The van der Waals surface area contributed by atoms with Crippen LogP contribution in [0.15, 0.2) is 72.4 Å². The zero-order valence-corrected chi connectivity index (χ0v) is 19.1. The van der Waals surface area contributed by atoms with Crippen molar-refractivity contribution in [2.24, 2.45) is 0 Å². The highest BCUT2D eigenvalue weighted by Crippen LogP contribution is 2.33. The number of para-hydroxylation sites is 3. The highest BCUT2D eigenvalue weighted by atomic mass is 16.5. The van der Waals surface area contributed by atoms with E-state index in [2.05, 4.69) is 44.5 Å². The molecular formula is C26H29N5O2. The minimum Gasteiger partial charge on any atom is -0.489 e. The predicted molar refractivity (Wildman–Crippen MR) is 130 cm³/mol. The van der Waals surface area contributed by atoms with E-state index < -0.39 is 0 Å². The third-order valence-corrected chi connectivity index (χ3v) is 6.35. The number of nitrogens with zero attached hydrogens (tertiary/aromatic N) is 4. The molecule has 0 radical (unpaired) electrons. The molecule has 0 fully saturated rings. The maximum absolute atomic E-state index is 13.2. The van der Waals surface area contributed by atoms with E-state index in [0.717, 1.165) is 48.9 Å². The summed E-state index contributed by atoms with van der Waals surface area (Å²) in [6.45, 7) is 4.84. The molecule has 0 spiro atoms. The molecule has 0 saturated heterocycles. The Balaban J connectivity index is 1.34. The van der Waals surface area contributed by atoms with Crippen LogP contribution in [0.5, 0.6) is 5.75 Å². The summed E-state index contributed by atoms with van der Waals surface area (Å²) in [6.07, 6.45) is 3.00. The Kier molecular flexibility index (Phi) is 5.77. The Hall–Kier alpha value is -3.74. The minimum absolute atomic E-state index is 0.186. The van der Waals surface area contributed by atoms with Crippen LogP contribution < -0.4 is 19.9 Å². The number of aromatic nitrogens is 2. The van der Waals surface area contributed by atoms with Gasteiger partial charge >= 0.3 is 0 Å². The number of fused-ring (bicyclic) bond motifs is 2. The fourth-order valence-corrected chi connectivity index (χ4v) is 4.66. The average molecular weight is 444 g/mol. The van der Waals surface area contributed by atoms with E-state index in [-0.39, 0.29) is 11.9 Å². The van der Waals surface area contributed by atoms with Crippen molar-refractivity contribution < 1.29 is 9.53 Å². The van der Waals surface area contributed by atoms with Gasteiger partial charge in [0.2, 0.25) is 0 Å². The molecule has 7 nitrogen and oxygen atoms in total. The minimum atomic E-state index is -0.276. The van der Waals surface area contributed by atoms with Crippen LogP contribution in [-0.4, -0.2) is 41.9 Å². The second-order valence-corrected chi connectivity index (χ2v) is 8.43. The van der Waals surface area contributed by atoms with Crippen molar-refractivity contribution in [1.29, 1.82) is 0 Å². The number of allylic oxidation sites excluding steroid dienone is 1. The number of carbonyl (C=O) groups is 1. The number of ether oxygens (including phenoxy) is 1. The molecule has 1 amide bonds. The maximum atomic E-state index is 13.2. The molecule has 7 heteroatoms. The molecule has 2 aliphatic heterocycles. The topological polar surface area (TPSA) is 62.6 Å². The van der Waals surface area contributed by atoms with Crippen LogP contribution in [0.4, 0.5) is 11.4 Å². The van der Waals surface area contributed by atoms with Crippen molar-refractivity contribution in [2.45, 2.75) is 32.5 Å². The Morgan fingerprint density at radius 1 is 1.12 bits per heavy atom. The van der Waals surface area contributed by atoms with Crippen molar-refractivity contribution in [3.63, 3.8) is 0 Å². The van der Waals surface area contributed by atoms with Crippen LogP contribution in [0.3, 0.4) is 0 Å². The van der Waals surface area contributed by atoms with Crippen molar-refractivity contribution in [2.75, 3.05) is 30.0 Å². The van der Waals surface area contributed by atoms with Crippen molar-refractivity contribution >= 4 is 17.3 Å². The number of likely N-dealkylation sites (N-methyl/N-ethyl adjacent to an activating group) is 1. The van der Waals surface area contributed by atoms with Gasteiger partial charge in [0.05, 0.1) is 17.9 Å². The quantitative estimate of drug-likeness (QED) is 0.667. The fourth-order valence-electron chi connectivity index (χ4n) is 4.66. The number of nitrogens with one attached hydrogen (secondary N) is 1. The van der Waals surface area contributed by atoms with Gasteiger partial charge < -0.3 is 19.9 Å². The zero-order valence-electron chi connectivity index (χ0n) is 19.1. The summed E-state index contributed by atoms with van der Waals surface area (Å²) in [5.74, 6) is 0.625. The van der Waals surface area contributed by atoms with Crippen molar-refractivity contribution in [1.82, 2.24) is 15.1 Å². The van der Waals surface area contributed by atoms with Gasteiger partial charge in [-0.05, 0) is 43.7 Å². The first kappa shape index (κ1) is 21.1. The molecular weight excluding hydrogens is 414 g/mol. The van der Waals surface area contributed by atoms with Crippen LogP contribution in [0.25, 0.3) is 0 Å². The van der Waals surface area contributed by atoms with E-state index in [1.165, 1.54) is 5.69 Å².